The van der Waals surface area contributed by atoms with Crippen molar-refractivity contribution in [2.24, 2.45) is 7.05 Å². The molecule has 0 radical (unpaired) electrons. The van der Waals surface area contributed by atoms with E-state index in [0.717, 1.165) is 0 Å². The number of hydrogen-bond donors (Lipinski definition) is 0. The Kier molecular flexibility index (Phi) is 2.25. The van der Waals surface area contributed by atoms with Crippen molar-refractivity contribution in [2.45, 2.75) is 6.92 Å². The second-order valence-corrected chi connectivity index (χ2v) is 4.52. The first-order valence-corrected chi connectivity index (χ1v) is 5.87. The van der Waals surface area contributed by atoms with Crippen molar-refractivity contribution < 1.29 is 0 Å². The minimum Gasteiger partial charge on any atom is -0.344 e. The van der Waals surface area contributed by atoms with Crippen LogP contribution in [-0.2, 0) is 7.05 Å². The summed E-state index contributed by atoms with van der Waals surface area (Å²) in [6.45, 7) is 2.13. The summed E-state index contributed by atoms with van der Waals surface area (Å²) < 4.78 is 2.25. The summed E-state index contributed by atoms with van der Waals surface area (Å²) in [5.74, 6) is 0. The molecule has 0 saturated carbocycles. The summed E-state index contributed by atoms with van der Waals surface area (Å²) in [7, 11) is 2.12. The van der Waals surface area contributed by atoms with Crippen LogP contribution in [-0.4, -0.2) is 4.57 Å². The molecule has 84 valence electrons. The topological polar surface area (TPSA) is 4.93 Å². The zero-order chi connectivity index (χ0) is 11.8. The molecule has 0 atom stereocenters. The predicted octanol–water partition coefficient (Wildman–Crippen LogP) is 4.15. The quantitative estimate of drug-likeness (QED) is 0.581. The number of benzene rings is 2. The molecule has 1 nitrogen and oxygen atoms in total. The molecule has 0 aliphatic rings. The number of nitrogens with zero attached hydrogens (tertiary/aromatic N) is 1. The van der Waals surface area contributed by atoms with Crippen LogP contribution in [0.3, 0.4) is 0 Å². The summed E-state index contributed by atoms with van der Waals surface area (Å²) in [6, 6.07) is 19.4. The molecule has 1 aromatic heterocycles. The average Bonchev–Trinajstić information content (AvgIpc) is 2.67. The normalized spacial score (nSPS) is 10.9. The Morgan fingerprint density at radius 2 is 1.65 bits per heavy atom. The van der Waals surface area contributed by atoms with Crippen LogP contribution in [0.25, 0.3) is 22.2 Å². The van der Waals surface area contributed by atoms with Gasteiger partial charge >= 0.3 is 0 Å². The molecule has 0 saturated heterocycles. The first-order chi connectivity index (χ1) is 8.25. The van der Waals surface area contributed by atoms with Crippen LogP contribution in [0.5, 0.6) is 0 Å². The third-order valence-corrected chi connectivity index (χ3v) is 3.27. The highest BCUT2D eigenvalue weighted by Gasteiger charge is 2.06. The summed E-state index contributed by atoms with van der Waals surface area (Å²) in [5, 5.41) is 1.31. The van der Waals surface area contributed by atoms with E-state index in [1.807, 2.05) is 0 Å². The van der Waals surface area contributed by atoms with Crippen molar-refractivity contribution >= 4 is 10.9 Å². The van der Waals surface area contributed by atoms with Gasteiger partial charge in [-0.25, -0.2) is 0 Å². The van der Waals surface area contributed by atoms with Gasteiger partial charge < -0.3 is 4.57 Å². The highest BCUT2D eigenvalue weighted by atomic mass is 14.9. The Labute approximate surface area is 101 Å². The Morgan fingerprint density at radius 1 is 0.882 bits per heavy atom. The third-order valence-electron chi connectivity index (χ3n) is 3.27. The van der Waals surface area contributed by atoms with Gasteiger partial charge in [0.25, 0.3) is 0 Å². The minimum absolute atomic E-state index is 1.27. The lowest BCUT2D eigenvalue weighted by Gasteiger charge is -2.03. The van der Waals surface area contributed by atoms with Crippen LogP contribution in [0.4, 0.5) is 0 Å². The minimum atomic E-state index is 1.27. The highest BCUT2D eigenvalue weighted by molar-refractivity contribution is 5.87. The van der Waals surface area contributed by atoms with E-state index in [1.54, 1.807) is 0 Å². The van der Waals surface area contributed by atoms with Crippen LogP contribution >= 0.6 is 0 Å². The standard InChI is InChI=1S/C16H15N/c1-12-8-9-15-14(10-12)11-16(17(15)2)13-6-4-3-5-7-13/h3-11H,1-2H3. The molecule has 17 heavy (non-hydrogen) atoms. The van der Waals surface area contributed by atoms with Gasteiger partial charge in [-0.05, 0) is 30.7 Å². The fraction of sp³-hybridized carbons (Fsp3) is 0.125. The first kappa shape index (κ1) is 10.2. The molecule has 1 heterocycles. The summed E-state index contributed by atoms with van der Waals surface area (Å²) in [4.78, 5) is 0. The molecule has 0 unspecified atom stereocenters. The molecular weight excluding hydrogens is 206 g/mol. The van der Waals surface area contributed by atoms with Gasteiger partial charge in [-0.3, -0.25) is 0 Å². The fourth-order valence-corrected chi connectivity index (χ4v) is 2.35. The predicted molar refractivity (Wildman–Crippen MR) is 73.1 cm³/mol. The van der Waals surface area contributed by atoms with Crippen molar-refractivity contribution in [1.29, 1.82) is 0 Å². The summed E-state index contributed by atoms with van der Waals surface area (Å²) in [6.07, 6.45) is 0. The summed E-state index contributed by atoms with van der Waals surface area (Å²) in [5.41, 5.74) is 5.13. The van der Waals surface area contributed by atoms with Gasteiger partial charge in [0.1, 0.15) is 0 Å². The molecule has 0 aliphatic carbocycles. The largest absolute Gasteiger partial charge is 0.344 e. The van der Waals surface area contributed by atoms with Gasteiger partial charge in [0.05, 0.1) is 0 Å². The van der Waals surface area contributed by atoms with Crippen LogP contribution in [0.15, 0.2) is 54.6 Å². The van der Waals surface area contributed by atoms with E-state index in [-0.39, 0.29) is 0 Å². The van der Waals surface area contributed by atoms with Crippen molar-refractivity contribution in [1.82, 2.24) is 4.57 Å². The van der Waals surface area contributed by atoms with Crippen molar-refractivity contribution in [3.05, 3.63) is 60.2 Å². The lowest BCUT2D eigenvalue weighted by atomic mass is 10.1. The first-order valence-electron chi connectivity index (χ1n) is 5.87. The van der Waals surface area contributed by atoms with Crippen molar-refractivity contribution in [3.8, 4) is 11.3 Å². The van der Waals surface area contributed by atoms with E-state index in [1.165, 1.54) is 27.7 Å². The zero-order valence-corrected chi connectivity index (χ0v) is 10.1. The molecule has 0 aliphatic heterocycles. The molecule has 0 spiro atoms. The molecule has 2 aromatic carbocycles. The van der Waals surface area contributed by atoms with E-state index < -0.39 is 0 Å². The number of aromatic nitrogens is 1. The zero-order valence-electron chi connectivity index (χ0n) is 10.1. The maximum Gasteiger partial charge on any atom is 0.0488 e. The Balaban J connectivity index is 2.28. The molecule has 0 bridgehead atoms. The SMILES string of the molecule is Cc1ccc2c(c1)cc(-c1ccccc1)n2C. The van der Waals surface area contributed by atoms with Gasteiger partial charge in [0, 0.05) is 23.6 Å². The second kappa shape index (κ2) is 3.77. The smallest absolute Gasteiger partial charge is 0.0488 e. The van der Waals surface area contributed by atoms with E-state index >= 15 is 0 Å². The van der Waals surface area contributed by atoms with Crippen molar-refractivity contribution in [2.75, 3.05) is 0 Å². The maximum atomic E-state index is 2.26. The molecule has 0 fully saturated rings. The lowest BCUT2D eigenvalue weighted by molar-refractivity contribution is 0.978. The number of rotatable bonds is 1. The molecule has 1 heteroatoms. The van der Waals surface area contributed by atoms with E-state index in [9.17, 15) is 0 Å². The van der Waals surface area contributed by atoms with Crippen molar-refractivity contribution in [3.63, 3.8) is 0 Å². The lowest BCUT2D eigenvalue weighted by Crippen LogP contribution is -1.90. The van der Waals surface area contributed by atoms with Gasteiger partial charge in [-0.1, -0.05) is 42.0 Å². The van der Waals surface area contributed by atoms with Gasteiger partial charge in [-0.2, -0.15) is 0 Å². The Bertz CT molecular complexity index is 663. The van der Waals surface area contributed by atoms with Crippen LogP contribution < -0.4 is 0 Å². The average molecular weight is 221 g/mol. The number of aryl methyl sites for hydroxylation is 2. The summed E-state index contributed by atoms with van der Waals surface area (Å²) >= 11 is 0. The van der Waals surface area contributed by atoms with Crippen LogP contribution in [0, 0.1) is 6.92 Å². The fourth-order valence-electron chi connectivity index (χ4n) is 2.35. The molecule has 3 aromatic rings. The van der Waals surface area contributed by atoms with Gasteiger partial charge in [0.15, 0.2) is 0 Å². The van der Waals surface area contributed by atoms with Gasteiger partial charge in [-0.15, -0.1) is 0 Å². The van der Waals surface area contributed by atoms with E-state index in [0.29, 0.717) is 0 Å². The van der Waals surface area contributed by atoms with Crippen LogP contribution in [0.2, 0.25) is 0 Å². The number of hydrogen-bond acceptors (Lipinski definition) is 0. The van der Waals surface area contributed by atoms with E-state index in [4.69, 9.17) is 0 Å². The molecule has 0 amide bonds. The molecular formula is C16H15N. The van der Waals surface area contributed by atoms with Crippen LogP contribution in [0.1, 0.15) is 5.56 Å². The monoisotopic (exact) mass is 221 g/mol. The third kappa shape index (κ3) is 1.64. The second-order valence-electron chi connectivity index (χ2n) is 4.52. The van der Waals surface area contributed by atoms with E-state index in [2.05, 4.69) is 73.1 Å². The highest BCUT2D eigenvalue weighted by Crippen LogP contribution is 2.27. The Hall–Kier alpha value is -2.02. The number of fused-ring (bicyclic) bond motifs is 1. The Morgan fingerprint density at radius 3 is 2.41 bits per heavy atom. The molecule has 3 rings (SSSR count). The van der Waals surface area contributed by atoms with Gasteiger partial charge in [0.2, 0.25) is 0 Å². The molecule has 0 N–H and O–H groups in total. The maximum absolute atomic E-state index is 2.26.